The Labute approximate surface area is 178 Å². The van der Waals surface area contributed by atoms with Gasteiger partial charge in [0.15, 0.2) is 11.6 Å². The summed E-state index contributed by atoms with van der Waals surface area (Å²) in [4.78, 5) is 23.5. The highest BCUT2D eigenvalue weighted by Crippen LogP contribution is 2.23. The van der Waals surface area contributed by atoms with Crippen molar-refractivity contribution in [1.82, 2.24) is 14.9 Å². The normalized spacial score (nSPS) is 15.1. The Bertz CT molecular complexity index is 1010. The third-order valence-electron chi connectivity index (χ3n) is 5.68. The highest BCUT2D eigenvalue weighted by molar-refractivity contribution is 5.95. The molecule has 0 spiro atoms. The van der Waals surface area contributed by atoms with Gasteiger partial charge in [0, 0.05) is 48.6 Å². The fourth-order valence-corrected chi connectivity index (χ4v) is 3.87. The molecule has 5 nitrogen and oxygen atoms in total. The van der Waals surface area contributed by atoms with Crippen LogP contribution in [0.1, 0.15) is 41.3 Å². The van der Waals surface area contributed by atoms with Crippen LogP contribution in [0.15, 0.2) is 60.8 Å². The van der Waals surface area contributed by atoms with Gasteiger partial charge in [0.1, 0.15) is 5.82 Å². The number of nitrogens with one attached hydrogen (secondary N) is 1. The van der Waals surface area contributed by atoms with Crippen LogP contribution < -0.4 is 5.32 Å². The minimum atomic E-state index is 0.0459. The molecule has 30 heavy (non-hydrogen) atoms. The molecule has 4 rings (SSSR count). The molecule has 0 bridgehead atoms. The molecule has 1 aliphatic heterocycles. The second kappa shape index (κ2) is 9.18. The van der Waals surface area contributed by atoms with E-state index >= 15 is 0 Å². The molecular weight excluding hydrogens is 372 g/mol. The first-order valence-electron chi connectivity index (χ1n) is 10.6. The Morgan fingerprint density at radius 2 is 1.87 bits per heavy atom. The predicted molar refractivity (Wildman–Crippen MR) is 121 cm³/mol. The van der Waals surface area contributed by atoms with Crippen LogP contribution in [0.5, 0.6) is 0 Å². The molecule has 2 heterocycles. The van der Waals surface area contributed by atoms with Crippen molar-refractivity contribution in [2.45, 2.75) is 39.3 Å². The number of hydrogen-bond acceptors (Lipinski definition) is 5. The third kappa shape index (κ3) is 4.92. The first kappa shape index (κ1) is 20.2. The molecule has 3 aromatic rings. The third-order valence-corrected chi connectivity index (χ3v) is 5.68. The van der Waals surface area contributed by atoms with Crippen LogP contribution in [-0.2, 0) is 6.54 Å². The highest BCUT2D eigenvalue weighted by Gasteiger charge is 2.20. The molecule has 2 aromatic carbocycles. The minimum Gasteiger partial charge on any atom is -0.367 e. The largest absolute Gasteiger partial charge is 0.367 e. The number of benzene rings is 2. The van der Waals surface area contributed by atoms with Crippen molar-refractivity contribution in [3.05, 3.63) is 77.5 Å². The van der Waals surface area contributed by atoms with E-state index in [0.29, 0.717) is 17.4 Å². The molecule has 0 unspecified atom stereocenters. The van der Waals surface area contributed by atoms with Gasteiger partial charge in [-0.2, -0.15) is 0 Å². The average Bonchev–Trinajstić information content (AvgIpc) is 2.77. The van der Waals surface area contributed by atoms with Crippen molar-refractivity contribution >= 4 is 11.6 Å². The maximum atomic E-state index is 11.7. The second-order valence-electron chi connectivity index (χ2n) is 8.04. The number of Topliss-reactive ketones (excluding diaryl/α,β-unsaturated/α-hetero) is 1. The first-order valence-corrected chi connectivity index (χ1v) is 10.6. The summed E-state index contributed by atoms with van der Waals surface area (Å²) in [7, 11) is 0. The van der Waals surface area contributed by atoms with E-state index in [1.807, 2.05) is 37.4 Å². The summed E-state index contributed by atoms with van der Waals surface area (Å²) in [5.74, 6) is 1.58. The van der Waals surface area contributed by atoms with E-state index in [-0.39, 0.29) is 5.78 Å². The van der Waals surface area contributed by atoms with E-state index in [2.05, 4.69) is 45.5 Å². The lowest BCUT2D eigenvalue weighted by molar-refractivity contribution is 0.101. The quantitative estimate of drug-likeness (QED) is 0.606. The molecule has 154 valence electrons. The van der Waals surface area contributed by atoms with E-state index < -0.39 is 0 Å². The highest BCUT2D eigenvalue weighted by atomic mass is 16.1. The molecule has 0 atom stereocenters. The van der Waals surface area contributed by atoms with Crippen LogP contribution >= 0.6 is 0 Å². The van der Waals surface area contributed by atoms with Gasteiger partial charge in [-0.15, -0.1) is 0 Å². The molecular formula is C25H28N4O. The number of anilines is 1. The number of piperidine rings is 1. The number of hydrogen-bond donors (Lipinski definition) is 1. The van der Waals surface area contributed by atoms with Gasteiger partial charge in [-0.25, -0.2) is 9.97 Å². The number of aromatic nitrogens is 2. The van der Waals surface area contributed by atoms with Crippen LogP contribution in [-0.4, -0.2) is 39.8 Å². The van der Waals surface area contributed by atoms with Crippen molar-refractivity contribution in [3.8, 4) is 11.4 Å². The fraction of sp³-hybridized carbons (Fsp3) is 0.320. The molecule has 1 fully saturated rings. The van der Waals surface area contributed by atoms with Gasteiger partial charge in [-0.1, -0.05) is 48.5 Å². The van der Waals surface area contributed by atoms with Gasteiger partial charge in [0.25, 0.3) is 0 Å². The van der Waals surface area contributed by atoms with E-state index in [0.717, 1.165) is 49.4 Å². The summed E-state index contributed by atoms with van der Waals surface area (Å²) in [5, 5.41) is 3.64. The Morgan fingerprint density at radius 1 is 1.10 bits per heavy atom. The number of aryl methyl sites for hydroxylation is 1. The first-order chi connectivity index (χ1) is 14.6. The van der Waals surface area contributed by atoms with E-state index in [1.165, 1.54) is 5.56 Å². The van der Waals surface area contributed by atoms with E-state index in [1.54, 1.807) is 6.92 Å². The molecule has 1 N–H and O–H groups in total. The van der Waals surface area contributed by atoms with Crippen LogP contribution in [0, 0.1) is 6.92 Å². The SMILES string of the molecule is CC(=O)c1cccc(-c2ncc(C)c(NC3CCN(Cc4ccccc4)CC3)n2)c1. The van der Waals surface area contributed by atoms with Crippen LogP contribution in [0.3, 0.4) is 0 Å². The monoisotopic (exact) mass is 400 g/mol. The summed E-state index contributed by atoms with van der Waals surface area (Å²) >= 11 is 0. The Balaban J connectivity index is 1.41. The summed E-state index contributed by atoms with van der Waals surface area (Å²) in [5.41, 5.74) is 3.95. The molecule has 1 aromatic heterocycles. The van der Waals surface area contributed by atoms with E-state index in [4.69, 9.17) is 4.98 Å². The lowest BCUT2D eigenvalue weighted by Crippen LogP contribution is -2.38. The molecule has 0 radical (unpaired) electrons. The summed E-state index contributed by atoms with van der Waals surface area (Å²) in [6, 6.07) is 18.6. The number of nitrogens with zero attached hydrogens (tertiary/aromatic N) is 3. The summed E-state index contributed by atoms with van der Waals surface area (Å²) < 4.78 is 0. The van der Waals surface area contributed by atoms with Gasteiger partial charge in [-0.05, 0) is 38.3 Å². The van der Waals surface area contributed by atoms with Crippen molar-refractivity contribution in [3.63, 3.8) is 0 Å². The summed E-state index contributed by atoms with van der Waals surface area (Å²) in [6.07, 6.45) is 4.03. The van der Waals surface area contributed by atoms with Crippen LogP contribution in [0.2, 0.25) is 0 Å². The van der Waals surface area contributed by atoms with Crippen molar-refractivity contribution in [2.75, 3.05) is 18.4 Å². The summed E-state index contributed by atoms with van der Waals surface area (Å²) in [6.45, 7) is 6.76. The lowest BCUT2D eigenvalue weighted by Gasteiger charge is -2.33. The maximum absolute atomic E-state index is 11.7. The lowest BCUT2D eigenvalue weighted by atomic mass is 10.0. The maximum Gasteiger partial charge on any atom is 0.161 e. The molecule has 1 saturated heterocycles. The van der Waals surface area contributed by atoms with Crippen molar-refractivity contribution < 1.29 is 4.79 Å². The number of rotatable bonds is 6. The van der Waals surface area contributed by atoms with Gasteiger partial charge in [0.05, 0.1) is 0 Å². The zero-order valence-electron chi connectivity index (χ0n) is 17.6. The minimum absolute atomic E-state index is 0.0459. The van der Waals surface area contributed by atoms with Crippen molar-refractivity contribution in [1.29, 1.82) is 0 Å². The Kier molecular flexibility index (Phi) is 6.19. The van der Waals surface area contributed by atoms with Crippen LogP contribution in [0.25, 0.3) is 11.4 Å². The molecule has 0 aliphatic carbocycles. The van der Waals surface area contributed by atoms with Gasteiger partial charge in [0.2, 0.25) is 0 Å². The smallest absolute Gasteiger partial charge is 0.161 e. The molecule has 5 heteroatoms. The van der Waals surface area contributed by atoms with E-state index in [9.17, 15) is 4.79 Å². The predicted octanol–water partition coefficient (Wildman–Crippen LogP) is 4.73. The number of carbonyl (C=O) groups is 1. The second-order valence-corrected chi connectivity index (χ2v) is 8.04. The number of ketones is 1. The van der Waals surface area contributed by atoms with Gasteiger partial charge >= 0.3 is 0 Å². The Morgan fingerprint density at radius 3 is 2.60 bits per heavy atom. The number of carbonyl (C=O) groups excluding carboxylic acids is 1. The van der Waals surface area contributed by atoms with Crippen molar-refractivity contribution in [2.24, 2.45) is 0 Å². The average molecular weight is 401 g/mol. The zero-order chi connectivity index (χ0) is 20.9. The molecule has 0 amide bonds. The Hall–Kier alpha value is -3.05. The molecule has 0 saturated carbocycles. The number of likely N-dealkylation sites (tertiary alicyclic amines) is 1. The van der Waals surface area contributed by atoms with Gasteiger partial charge < -0.3 is 5.32 Å². The standard InChI is InChI=1S/C25H28N4O/c1-18-16-26-25(22-10-6-9-21(15-22)19(2)30)28-24(18)27-23-11-13-29(14-12-23)17-20-7-4-3-5-8-20/h3-10,15-16,23H,11-14,17H2,1-2H3,(H,26,27,28). The molecule has 1 aliphatic rings. The van der Waals surface area contributed by atoms with Crippen LogP contribution in [0.4, 0.5) is 5.82 Å². The fourth-order valence-electron chi connectivity index (χ4n) is 3.87. The van der Waals surface area contributed by atoms with Gasteiger partial charge in [-0.3, -0.25) is 9.69 Å². The topological polar surface area (TPSA) is 58.1 Å². The zero-order valence-corrected chi connectivity index (χ0v) is 17.6.